The normalized spacial score (nSPS) is 18.1. The maximum Gasteiger partial charge on any atom is 0.134 e. The molecule has 2 aromatic rings. The molecule has 2 fully saturated rings. The van der Waals surface area contributed by atoms with Gasteiger partial charge in [0.2, 0.25) is 0 Å². The first-order valence-corrected chi connectivity index (χ1v) is 9.08. The van der Waals surface area contributed by atoms with E-state index in [-0.39, 0.29) is 0 Å². The molecule has 0 aliphatic carbocycles. The minimum absolute atomic E-state index is 0.855. The number of hydrogen-bond donors (Lipinski definition) is 0. The predicted molar refractivity (Wildman–Crippen MR) is 99.4 cm³/mol. The number of aryl methyl sites for hydroxylation is 2. The lowest BCUT2D eigenvalue weighted by molar-refractivity contribution is 0.638. The Morgan fingerprint density at radius 1 is 0.680 bits per heavy atom. The van der Waals surface area contributed by atoms with Crippen molar-refractivity contribution in [3.63, 3.8) is 0 Å². The standard InChI is InChI=1S/C18H25N7/c1-14-11-16(20-13-19-14)24-7-9-25(10-8-24)18-12-17(21-15(2)22-18)23-5-3-4-6-23/h11-13H,3-10H2,1-2H3. The smallest absolute Gasteiger partial charge is 0.134 e. The van der Waals surface area contributed by atoms with E-state index >= 15 is 0 Å². The zero-order valence-electron chi connectivity index (χ0n) is 15.0. The topological polar surface area (TPSA) is 61.3 Å². The summed E-state index contributed by atoms with van der Waals surface area (Å²) in [6.07, 6.45) is 4.16. The summed E-state index contributed by atoms with van der Waals surface area (Å²) in [5, 5.41) is 0. The average molecular weight is 339 g/mol. The van der Waals surface area contributed by atoms with Crippen LogP contribution >= 0.6 is 0 Å². The van der Waals surface area contributed by atoms with Crippen LogP contribution in [-0.2, 0) is 0 Å². The first kappa shape index (κ1) is 16.1. The number of anilines is 3. The minimum Gasteiger partial charge on any atom is -0.356 e. The van der Waals surface area contributed by atoms with E-state index in [1.807, 2.05) is 13.8 Å². The molecule has 2 aliphatic heterocycles. The summed E-state index contributed by atoms with van der Waals surface area (Å²) in [6.45, 7) is 9.98. The van der Waals surface area contributed by atoms with Gasteiger partial charge in [-0.3, -0.25) is 0 Å². The molecule has 4 rings (SSSR count). The van der Waals surface area contributed by atoms with Crippen molar-refractivity contribution in [3.05, 3.63) is 30.0 Å². The molecule has 0 amide bonds. The Bertz CT molecular complexity index is 734. The largest absolute Gasteiger partial charge is 0.356 e. The third-order valence-electron chi connectivity index (χ3n) is 4.96. The van der Waals surface area contributed by atoms with E-state index < -0.39 is 0 Å². The van der Waals surface area contributed by atoms with Gasteiger partial charge in [0.25, 0.3) is 0 Å². The first-order valence-electron chi connectivity index (χ1n) is 9.08. The van der Waals surface area contributed by atoms with Gasteiger partial charge in [-0.15, -0.1) is 0 Å². The fraction of sp³-hybridized carbons (Fsp3) is 0.556. The lowest BCUT2D eigenvalue weighted by Gasteiger charge is -2.36. The van der Waals surface area contributed by atoms with Gasteiger partial charge in [0.05, 0.1) is 0 Å². The molecule has 4 heterocycles. The predicted octanol–water partition coefficient (Wildman–Crippen LogP) is 1.81. The van der Waals surface area contributed by atoms with Crippen molar-refractivity contribution in [2.45, 2.75) is 26.7 Å². The van der Waals surface area contributed by atoms with Gasteiger partial charge < -0.3 is 14.7 Å². The molecule has 0 aromatic carbocycles. The fourth-order valence-corrected chi connectivity index (χ4v) is 3.58. The molecule has 0 unspecified atom stereocenters. The Labute approximate surface area is 148 Å². The van der Waals surface area contributed by atoms with Gasteiger partial charge >= 0.3 is 0 Å². The quantitative estimate of drug-likeness (QED) is 0.845. The molecule has 2 saturated heterocycles. The fourth-order valence-electron chi connectivity index (χ4n) is 3.58. The van der Waals surface area contributed by atoms with Gasteiger partial charge in [-0.05, 0) is 26.7 Å². The Morgan fingerprint density at radius 3 is 1.84 bits per heavy atom. The van der Waals surface area contributed by atoms with Crippen LogP contribution in [0.15, 0.2) is 18.5 Å². The highest BCUT2D eigenvalue weighted by Gasteiger charge is 2.21. The number of aromatic nitrogens is 4. The molecule has 0 spiro atoms. The molecule has 25 heavy (non-hydrogen) atoms. The second kappa shape index (κ2) is 6.82. The van der Waals surface area contributed by atoms with E-state index in [2.05, 4.69) is 46.8 Å². The molecular weight excluding hydrogens is 314 g/mol. The molecule has 132 valence electrons. The Kier molecular flexibility index (Phi) is 4.38. The number of rotatable bonds is 3. The maximum absolute atomic E-state index is 4.68. The van der Waals surface area contributed by atoms with E-state index in [9.17, 15) is 0 Å². The van der Waals surface area contributed by atoms with Gasteiger partial charge in [0, 0.05) is 57.1 Å². The van der Waals surface area contributed by atoms with Crippen LogP contribution in [0.1, 0.15) is 24.4 Å². The lowest BCUT2D eigenvalue weighted by atomic mass is 10.3. The van der Waals surface area contributed by atoms with Gasteiger partial charge in [0.1, 0.15) is 29.6 Å². The molecule has 2 aliphatic rings. The van der Waals surface area contributed by atoms with Crippen LogP contribution in [0.4, 0.5) is 17.5 Å². The second-order valence-corrected chi connectivity index (χ2v) is 6.82. The molecule has 0 atom stereocenters. The number of piperazine rings is 1. The van der Waals surface area contributed by atoms with Crippen LogP contribution in [0.3, 0.4) is 0 Å². The summed E-state index contributed by atoms with van der Waals surface area (Å²) in [5.74, 6) is 4.00. The third-order valence-corrected chi connectivity index (χ3v) is 4.96. The van der Waals surface area contributed by atoms with Crippen LogP contribution in [-0.4, -0.2) is 59.2 Å². The minimum atomic E-state index is 0.855. The van der Waals surface area contributed by atoms with Crippen molar-refractivity contribution in [3.8, 4) is 0 Å². The maximum atomic E-state index is 4.68. The molecule has 0 saturated carbocycles. The van der Waals surface area contributed by atoms with E-state index in [0.717, 1.165) is 68.2 Å². The average Bonchev–Trinajstić information content (AvgIpc) is 3.16. The summed E-state index contributed by atoms with van der Waals surface area (Å²) in [7, 11) is 0. The monoisotopic (exact) mass is 339 g/mol. The van der Waals surface area contributed by atoms with E-state index in [1.54, 1.807) is 6.33 Å². The molecule has 7 nitrogen and oxygen atoms in total. The van der Waals surface area contributed by atoms with E-state index in [4.69, 9.17) is 0 Å². The van der Waals surface area contributed by atoms with Crippen LogP contribution < -0.4 is 14.7 Å². The highest BCUT2D eigenvalue weighted by atomic mass is 15.3. The van der Waals surface area contributed by atoms with Crippen molar-refractivity contribution in [2.24, 2.45) is 0 Å². The number of hydrogen-bond acceptors (Lipinski definition) is 7. The van der Waals surface area contributed by atoms with Gasteiger partial charge in [-0.25, -0.2) is 19.9 Å². The van der Waals surface area contributed by atoms with Crippen molar-refractivity contribution in [2.75, 3.05) is 54.0 Å². The molecule has 7 heteroatoms. The van der Waals surface area contributed by atoms with E-state index in [1.165, 1.54) is 12.8 Å². The van der Waals surface area contributed by atoms with Crippen LogP contribution in [0.5, 0.6) is 0 Å². The summed E-state index contributed by atoms with van der Waals surface area (Å²) < 4.78 is 0. The van der Waals surface area contributed by atoms with Gasteiger partial charge in [-0.2, -0.15) is 0 Å². The summed E-state index contributed by atoms with van der Waals surface area (Å²) >= 11 is 0. The second-order valence-electron chi connectivity index (χ2n) is 6.82. The molecule has 0 radical (unpaired) electrons. The van der Waals surface area contributed by atoms with Crippen molar-refractivity contribution in [1.82, 2.24) is 19.9 Å². The first-order chi connectivity index (χ1) is 12.2. The number of nitrogens with zero attached hydrogens (tertiary/aromatic N) is 7. The van der Waals surface area contributed by atoms with Crippen LogP contribution in [0, 0.1) is 13.8 Å². The zero-order chi connectivity index (χ0) is 17.2. The molecular formula is C18H25N7. The van der Waals surface area contributed by atoms with Crippen LogP contribution in [0.2, 0.25) is 0 Å². The van der Waals surface area contributed by atoms with Gasteiger partial charge in [0.15, 0.2) is 0 Å². The highest BCUT2D eigenvalue weighted by molar-refractivity contribution is 5.53. The molecule has 0 bridgehead atoms. The van der Waals surface area contributed by atoms with E-state index in [0.29, 0.717) is 0 Å². The lowest BCUT2D eigenvalue weighted by Crippen LogP contribution is -2.47. The zero-order valence-corrected chi connectivity index (χ0v) is 15.0. The SMILES string of the molecule is Cc1cc(N2CCN(c3cc(N4CCCC4)nc(C)n3)CC2)ncn1. The summed E-state index contributed by atoms with van der Waals surface area (Å²) in [4.78, 5) is 25.0. The Morgan fingerprint density at radius 2 is 1.24 bits per heavy atom. The van der Waals surface area contributed by atoms with Crippen molar-refractivity contribution < 1.29 is 0 Å². The van der Waals surface area contributed by atoms with Crippen molar-refractivity contribution in [1.29, 1.82) is 0 Å². The summed E-state index contributed by atoms with van der Waals surface area (Å²) in [5.41, 5.74) is 1.01. The van der Waals surface area contributed by atoms with Crippen LogP contribution in [0.25, 0.3) is 0 Å². The highest BCUT2D eigenvalue weighted by Crippen LogP contribution is 2.24. The third kappa shape index (κ3) is 3.50. The molecule has 2 aromatic heterocycles. The van der Waals surface area contributed by atoms with Gasteiger partial charge in [-0.1, -0.05) is 0 Å². The van der Waals surface area contributed by atoms with Crippen molar-refractivity contribution >= 4 is 17.5 Å². The Hall–Kier alpha value is -2.44. The Balaban J connectivity index is 1.47. The molecule has 0 N–H and O–H groups in total. The summed E-state index contributed by atoms with van der Waals surface area (Å²) in [6, 6.07) is 4.21.